The third-order valence-corrected chi connectivity index (χ3v) is 9.96. The summed E-state index contributed by atoms with van der Waals surface area (Å²) in [5, 5.41) is 33.2. The molecule has 0 radical (unpaired) electrons. The Morgan fingerprint density at radius 1 is 0.510 bits per heavy atom. The fraction of sp³-hybridized carbons (Fsp3) is 0.371. The third-order valence-electron chi connectivity index (χ3n) is 9.96. The van der Waals surface area contributed by atoms with Crippen LogP contribution in [-0.4, -0.2) is 91.7 Å². The molecule has 2 saturated heterocycles. The predicted molar refractivity (Wildman–Crippen MR) is 172 cm³/mol. The largest absolute Gasteiger partial charge is 0.504 e. The number of carbonyl (C=O) groups excluding carboxylic acids is 4. The molecule has 4 amide bonds. The topological polar surface area (TPSA) is 212 Å². The SMILES string of the molecule is O=C1NCc2c(O)c(O)c(c3c2OCO3)CNC(=O)c2cccc(c2)C(=O)NCC2C3OCO[C@H]3C(CNC(=O)c3cccc1c3)C1OCO[C@@H]21. The molecule has 1 saturated carbocycles. The van der Waals surface area contributed by atoms with Crippen molar-refractivity contribution < 1.29 is 57.8 Å². The van der Waals surface area contributed by atoms with Gasteiger partial charge in [-0.05, 0) is 36.4 Å². The van der Waals surface area contributed by atoms with Gasteiger partial charge in [-0.15, -0.1) is 0 Å². The summed E-state index contributed by atoms with van der Waals surface area (Å²) in [6.07, 6.45) is -1.84. The fourth-order valence-electron chi connectivity index (χ4n) is 7.41. The molecule has 3 aromatic rings. The molecule has 0 aromatic heterocycles. The van der Waals surface area contributed by atoms with Crippen LogP contribution in [0.4, 0.5) is 0 Å². The molecule has 16 heteroatoms. The lowest BCUT2D eigenvalue weighted by molar-refractivity contribution is -0.0824. The third kappa shape index (κ3) is 5.95. The lowest BCUT2D eigenvalue weighted by Gasteiger charge is -2.43. The zero-order valence-corrected chi connectivity index (χ0v) is 27.0. The molecule has 0 spiro atoms. The number of nitrogens with one attached hydrogen (secondary N) is 4. The summed E-state index contributed by atoms with van der Waals surface area (Å²) in [5.74, 6) is -3.60. The highest BCUT2D eigenvalue weighted by molar-refractivity contribution is 6.00. The van der Waals surface area contributed by atoms with Crippen LogP contribution < -0.4 is 30.7 Å². The second-order valence-corrected chi connectivity index (χ2v) is 12.8. The lowest BCUT2D eigenvalue weighted by atomic mass is 9.73. The number of phenolic OH excluding ortho intramolecular Hbond substituents is 2. The maximum Gasteiger partial charge on any atom is 0.251 e. The van der Waals surface area contributed by atoms with Gasteiger partial charge in [0.15, 0.2) is 23.0 Å². The van der Waals surface area contributed by atoms with Gasteiger partial charge >= 0.3 is 0 Å². The van der Waals surface area contributed by atoms with E-state index >= 15 is 0 Å². The monoisotopic (exact) mass is 702 g/mol. The van der Waals surface area contributed by atoms with Crippen molar-refractivity contribution in [3.8, 4) is 23.0 Å². The molecule has 6 N–H and O–H groups in total. The number of fused-ring (bicyclic) bond motifs is 13. The van der Waals surface area contributed by atoms with Gasteiger partial charge in [0.25, 0.3) is 23.6 Å². The molecular formula is C35H34N4O12. The molecule has 266 valence electrons. The number of hydrogen-bond acceptors (Lipinski definition) is 12. The Kier molecular flexibility index (Phi) is 8.59. The van der Waals surface area contributed by atoms with Gasteiger partial charge in [-0.25, -0.2) is 0 Å². The van der Waals surface area contributed by atoms with Crippen LogP contribution in [0.5, 0.6) is 23.0 Å². The molecule has 1 aliphatic carbocycles. The quantitative estimate of drug-likeness (QED) is 0.180. The van der Waals surface area contributed by atoms with Gasteiger partial charge in [-0.2, -0.15) is 0 Å². The molecule has 3 aromatic carbocycles. The maximum absolute atomic E-state index is 13.4. The van der Waals surface area contributed by atoms with E-state index in [-0.39, 0.29) is 103 Å². The first-order valence-electron chi connectivity index (χ1n) is 16.4. The highest BCUT2D eigenvalue weighted by Gasteiger charge is 2.57. The van der Waals surface area contributed by atoms with Crippen molar-refractivity contribution in [3.63, 3.8) is 0 Å². The van der Waals surface area contributed by atoms with Gasteiger partial charge in [0.1, 0.15) is 13.6 Å². The van der Waals surface area contributed by atoms with Crippen LogP contribution in [-0.2, 0) is 32.0 Å². The Hall–Kier alpha value is -5.42. The fourth-order valence-corrected chi connectivity index (χ4v) is 7.41. The van der Waals surface area contributed by atoms with Crippen LogP contribution in [0, 0.1) is 11.8 Å². The number of hydrogen-bond donors (Lipinski definition) is 6. The minimum atomic E-state index is -0.566. The van der Waals surface area contributed by atoms with Crippen LogP contribution in [0.15, 0.2) is 48.5 Å². The van der Waals surface area contributed by atoms with Gasteiger partial charge in [0.05, 0.1) is 48.6 Å². The molecule has 8 bridgehead atoms. The van der Waals surface area contributed by atoms with Gasteiger partial charge in [0.2, 0.25) is 6.79 Å². The highest BCUT2D eigenvalue weighted by atomic mass is 16.7. The van der Waals surface area contributed by atoms with Crippen molar-refractivity contribution in [3.05, 3.63) is 81.9 Å². The highest BCUT2D eigenvalue weighted by Crippen LogP contribution is 2.50. The number of benzene rings is 3. The first-order chi connectivity index (χ1) is 24.8. The lowest BCUT2D eigenvalue weighted by Crippen LogP contribution is -2.60. The maximum atomic E-state index is 13.4. The number of rotatable bonds is 0. The van der Waals surface area contributed by atoms with E-state index in [9.17, 15) is 29.4 Å². The molecule has 4 heterocycles. The first-order valence-corrected chi connectivity index (χ1v) is 16.4. The van der Waals surface area contributed by atoms with E-state index in [0.29, 0.717) is 0 Å². The summed E-state index contributed by atoms with van der Waals surface area (Å²) in [4.78, 5) is 53.2. The van der Waals surface area contributed by atoms with Crippen LogP contribution in [0.3, 0.4) is 0 Å². The molecule has 3 fully saturated rings. The number of phenols is 2. The van der Waals surface area contributed by atoms with Crippen molar-refractivity contribution in [2.75, 3.05) is 33.5 Å². The van der Waals surface area contributed by atoms with E-state index in [4.69, 9.17) is 28.4 Å². The summed E-state index contributed by atoms with van der Waals surface area (Å²) < 4.78 is 35.1. The van der Waals surface area contributed by atoms with Crippen LogP contribution in [0.2, 0.25) is 0 Å². The van der Waals surface area contributed by atoms with Gasteiger partial charge in [-0.3, -0.25) is 19.2 Å². The molecule has 8 rings (SSSR count). The molecule has 4 unspecified atom stereocenters. The van der Waals surface area contributed by atoms with Crippen LogP contribution >= 0.6 is 0 Å². The average molecular weight is 703 g/mol. The van der Waals surface area contributed by atoms with Crippen molar-refractivity contribution in [1.82, 2.24) is 21.3 Å². The summed E-state index contributed by atoms with van der Waals surface area (Å²) in [5.41, 5.74) is 0.921. The Balaban J connectivity index is 1.12. The molecular weight excluding hydrogens is 668 g/mol. The average Bonchev–Trinajstić information content (AvgIpc) is 3.94. The standard InChI is InChI=1S/C35H34N4O12/c40-24-20-9-36-32(42)16-3-1-5-18(7-16)34(44)38-11-22-28-30(50-14-48-28)23(31-29(22)49-15-51-31)12-39-35(45)19-6-2-4-17(8-19)33(43)37-10-21(25(24)41)27-26(20)46-13-47-27/h1-8,22-23,28-31,40-41H,9-15H2,(H,36,42)(H,37,43)(H,38,44)(H,39,45)/t22?,23?,28-,29?,30?,31-/m0/s1. The minimum absolute atomic E-state index is 0.0259. The van der Waals surface area contributed by atoms with Crippen LogP contribution in [0.1, 0.15) is 52.6 Å². The zero-order valence-electron chi connectivity index (χ0n) is 27.0. The number of aromatic hydroxyl groups is 2. The molecule has 16 nitrogen and oxygen atoms in total. The Labute approximate surface area is 290 Å². The Bertz CT molecular complexity index is 1760. The smallest absolute Gasteiger partial charge is 0.251 e. The van der Waals surface area contributed by atoms with Crippen molar-refractivity contribution in [2.45, 2.75) is 37.5 Å². The van der Waals surface area contributed by atoms with E-state index in [0.717, 1.165) is 0 Å². The normalized spacial score (nSPS) is 27.6. The molecule has 51 heavy (non-hydrogen) atoms. The van der Waals surface area contributed by atoms with Gasteiger partial charge < -0.3 is 59.9 Å². The summed E-state index contributed by atoms with van der Waals surface area (Å²) in [6, 6.07) is 12.2. The van der Waals surface area contributed by atoms with Crippen molar-refractivity contribution >= 4 is 23.6 Å². The number of carbonyl (C=O) groups is 4. The van der Waals surface area contributed by atoms with Gasteiger partial charge in [-0.1, -0.05) is 12.1 Å². The minimum Gasteiger partial charge on any atom is -0.504 e. The van der Waals surface area contributed by atoms with E-state index in [1.807, 2.05) is 0 Å². The molecule has 5 aliphatic rings. The predicted octanol–water partition coefficient (Wildman–Crippen LogP) is 0.889. The van der Waals surface area contributed by atoms with E-state index < -0.39 is 59.5 Å². The number of ether oxygens (including phenoxy) is 6. The summed E-state index contributed by atoms with van der Waals surface area (Å²) in [7, 11) is 0. The second kappa shape index (κ2) is 13.4. The van der Waals surface area contributed by atoms with E-state index in [2.05, 4.69) is 21.3 Å². The first kappa shape index (κ1) is 32.8. The van der Waals surface area contributed by atoms with Gasteiger partial charge in [0, 0.05) is 47.2 Å². The molecule has 4 aliphatic heterocycles. The van der Waals surface area contributed by atoms with Crippen LogP contribution in [0.25, 0.3) is 0 Å². The van der Waals surface area contributed by atoms with Crippen molar-refractivity contribution in [2.24, 2.45) is 11.8 Å². The molecule has 6 atom stereocenters. The second-order valence-electron chi connectivity index (χ2n) is 12.8. The summed E-state index contributed by atoms with van der Waals surface area (Å²) >= 11 is 0. The van der Waals surface area contributed by atoms with E-state index in [1.165, 1.54) is 24.3 Å². The summed E-state index contributed by atoms with van der Waals surface area (Å²) in [6.45, 7) is -0.389. The van der Waals surface area contributed by atoms with Crippen molar-refractivity contribution in [1.29, 1.82) is 0 Å². The van der Waals surface area contributed by atoms with E-state index in [1.54, 1.807) is 24.3 Å². The zero-order chi connectivity index (χ0) is 35.2. The Morgan fingerprint density at radius 3 is 1.24 bits per heavy atom. The Morgan fingerprint density at radius 2 is 0.863 bits per heavy atom. The number of amides is 4.